The number of aromatic nitrogens is 1. The fraction of sp³-hybridized carbons (Fsp3) is 0.429. The van der Waals surface area contributed by atoms with Crippen molar-refractivity contribution in [3.63, 3.8) is 0 Å². The third-order valence-electron chi connectivity index (χ3n) is 3.69. The van der Waals surface area contributed by atoms with Gasteiger partial charge in [0.25, 0.3) is 5.91 Å². The first-order valence-electron chi connectivity index (χ1n) is 6.95. The number of rotatable bonds is 3. The zero-order valence-corrected chi connectivity index (χ0v) is 13.3. The Morgan fingerprint density at radius 2 is 2.19 bits per heavy atom. The highest BCUT2D eigenvalue weighted by molar-refractivity contribution is 7.20. The second kappa shape index (κ2) is 6.27. The van der Waals surface area contributed by atoms with Gasteiger partial charge in [-0.15, -0.1) is 11.3 Å². The lowest BCUT2D eigenvalue weighted by molar-refractivity contribution is 0.0892. The molecule has 7 heteroatoms. The van der Waals surface area contributed by atoms with Crippen LogP contribution in [0.15, 0.2) is 18.2 Å². The van der Waals surface area contributed by atoms with Gasteiger partial charge < -0.3 is 5.32 Å². The van der Waals surface area contributed by atoms with Gasteiger partial charge in [-0.3, -0.25) is 10.2 Å². The van der Waals surface area contributed by atoms with E-state index in [0.29, 0.717) is 10.0 Å². The van der Waals surface area contributed by atoms with Crippen molar-refractivity contribution in [2.24, 2.45) is 0 Å². The van der Waals surface area contributed by atoms with E-state index in [0.717, 1.165) is 36.1 Å². The molecular formula is C14H17ClN4OS. The minimum Gasteiger partial charge on any atom is -0.347 e. The van der Waals surface area contributed by atoms with E-state index in [1.165, 1.54) is 11.3 Å². The lowest BCUT2D eigenvalue weighted by atomic mass is 10.1. The number of hydrogen-bond acceptors (Lipinski definition) is 5. The average Bonchev–Trinajstić information content (AvgIpc) is 2.91. The number of piperidine rings is 1. The largest absolute Gasteiger partial charge is 0.347 e. The SMILES string of the molecule is CNN1CCC(NC(=O)c2nc3cc(Cl)ccc3s2)CC1. The van der Waals surface area contributed by atoms with E-state index in [-0.39, 0.29) is 11.9 Å². The zero-order valence-electron chi connectivity index (χ0n) is 11.7. The lowest BCUT2D eigenvalue weighted by Gasteiger charge is -2.31. The molecule has 1 aliphatic heterocycles. The zero-order chi connectivity index (χ0) is 14.8. The van der Waals surface area contributed by atoms with E-state index in [9.17, 15) is 4.79 Å². The first kappa shape index (κ1) is 14.7. The summed E-state index contributed by atoms with van der Waals surface area (Å²) in [7, 11) is 1.92. The summed E-state index contributed by atoms with van der Waals surface area (Å²) in [6, 6.07) is 5.72. The number of nitrogens with zero attached hydrogens (tertiary/aromatic N) is 2. The van der Waals surface area contributed by atoms with Crippen LogP contribution >= 0.6 is 22.9 Å². The van der Waals surface area contributed by atoms with Gasteiger partial charge in [0.1, 0.15) is 0 Å². The van der Waals surface area contributed by atoms with Crippen LogP contribution in [0.3, 0.4) is 0 Å². The minimum atomic E-state index is -0.0877. The molecule has 0 atom stereocenters. The molecule has 0 aliphatic carbocycles. The molecule has 2 aromatic rings. The highest BCUT2D eigenvalue weighted by Crippen LogP contribution is 2.25. The first-order chi connectivity index (χ1) is 10.2. The Morgan fingerprint density at radius 1 is 1.43 bits per heavy atom. The molecule has 5 nitrogen and oxygen atoms in total. The molecule has 1 aliphatic rings. The van der Waals surface area contributed by atoms with E-state index in [1.54, 1.807) is 6.07 Å². The van der Waals surface area contributed by atoms with Crippen LogP contribution in [0.4, 0.5) is 0 Å². The Balaban J connectivity index is 1.67. The summed E-state index contributed by atoms with van der Waals surface area (Å²) in [5.74, 6) is -0.0877. The van der Waals surface area contributed by atoms with Gasteiger partial charge in [0.2, 0.25) is 0 Å². The van der Waals surface area contributed by atoms with Crippen LogP contribution in [0.2, 0.25) is 5.02 Å². The predicted molar refractivity (Wildman–Crippen MR) is 85.8 cm³/mol. The van der Waals surface area contributed by atoms with Crippen molar-refractivity contribution in [1.82, 2.24) is 20.7 Å². The third kappa shape index (κ3) is 3.35. The van der Waals surface area contributed by atoms with E-state index < -0.39 is 0 Å². The maximum atomic E-state index is 12.3. The van der Waals surface area contributed by atoms with Crippen LogP contribution in [-0.2, 0) is 0 Å². The molecule has 1 saturated heterocycles. The smallest absolute Gasteiger partial charge is 0.280 e. The summed E-state index contributed by atoms with van der Waals surface area (Å²) >= 11 is 7.35. The van der Waals surface area contributed by atoms with Crippen molar-refractivity contribution >= 4 is 39.1 Å². The fourth-order valence-corrected chi connectivity index (χ4v) is 3.51. The van der Waals surface area contributed by atoms with Gasteiger partial charge in [-0.05, 0) is 38.1 Å². The monoisotopic (exact) mass is 324 g/mol. The molecule has 3 rings (SSSR count). The van der Waals surface area contributed by atoms with Crippen LogP contribution in [-0.4, -0.2) is 42.1 Å². The summed E-state index contributed by atoms with van der Waals surface area (Å²) in [5, 5.41) is 6.37. The number of carbonyl (C=O) groups excluding carboxylic acids is 1. The molecule has 0 spiro atoms. The highest BCUT2D eigenvalue weighted by Gasteiger charge is 2.21. The number of halogens is 1. The van der Waals surface area contributed by atoms with Crippen molar-refractivity contribution in [3.05, 3.63) is 28.2 Å². The molecule has 1 amide bonds. The van der Waals surface area contributed by atoms with E-state index in [1.807, 2.05) is 19.2 Å². The second-order valence-electron chi connectivity index (χ2n) is 5.09. The van der Waals surface area contributed by atoms with Crippen LogP contribution < -0.4 is 10.7 Å². The number of nitrogens with one attached hydrogen (secondary N) is 2. The molecule has 1 aromatic carbocycles. The summed E-state index contributed by atoms with van der Waals surface area (Å²) in [6.45, 7) is 1.88. The Labute approximate surface area is 132 Å². The number of carbonyl (C=O) groups is 1. The molecule has 0 bridgehead atoms. The van der Waals surface area contributed by atoms with Gasteiger partial charge in [-0.25, -0.2) is 9.99 Å². The fourth-order valence-electron chi connectivity index (χ4n) is 2.49. The molecule has 0 unspecified atom stereocenters. The molecule has 2 N–H and O–H groups in total. The number of hydrazine groups is 1. The van der Waals surface area contributed by atoms with Crippen molar-refractivity contribution < 1.29 is 4.79 Å². The summed E-state index contributed by atoms with van der Waals surface area (Å²) in [4.78, 5) is 16.7. The van der Waals surface area contributed by atoms with Crippen LogP contribution in [0.25, 0.3) is 10.2 Å². The van der Waals surface area contributed by atoms with Crippen molar-refractivity contribution in [2.75, 3.05) is 20.1 Å². The van der Waals surface area contributed by atoms with Gasteiger partial charge in [0.15, 0.2) is 5.01 Å². The molecule has 112 valence electrons. The Hall–Kier alpha value is -1.21. The maximum Gasteiger partial charge on any atom is 0.280 e. The third-order valence-corrected chi connectivity index (χ3v) is 4.96. The van der Waals surface area contributed by atoms with Gasteiger partial charge in [0.05, 0.1) is 10.2 Å². The molecular weight excluding hydrogens is 308 g/mol. The van der Waals surface area contributed by atoms with Gasteiger partial charge in [-0.2, -0.15) is 0 Å². The quantitative estimate of drug-likeness (QED) is 0.909. The second-order valence-corrected chi connectivity index (χ2v) is 6.56. The highest BCUT2D eigenvalue weighted by atomic mass is 35.5. The summed E-state index contributed by atoms with van der Waals surface area (Å²) < 4.78 is 0.981. The van der Waals surface area contributed by atoms with Crippen molar-refractivity contribution in [1.29, 1.82) is 0 Å². The lowest BCUT2D eigenvalue weighted by Crippen LogP contribution is -2.48. The van der Waals surface area contributed by atoms with Crippen molar-refractivity contribution in [2.45, 2.75) is 18.9 Å². The topological polar surface area (TPSA) is 57.3 Å². The number of fused-ring (bicyclic) bond motifs is 1. The first-order valence-corrected chi connectivity index (χ1v) is 8.14. The van der Waals surface area contributed by atoms with E-state index in [2.05, 4.69) is 20.7 Å². The molecule has 1 aromatic heterocycles. The minimum absolute atomic E-state index is 0.0877. The van der Waals surface area contributed by atoms with Gasteiger partial charge >= 0.3 is 0 Å². The number of amides is 1. The molecule has 1 fully saturated rings. The Kier molecular flexibility index (Phi) is 4.40. The molecule has 0 radical (unpaired) electrons. The average molecular weight is 325 g/mol. The molecule has 2 heterocycles. The van der Waals surface area contributed by atoms with Gasteiger partial charge in [-0.1, -0.05) is 11.6 Å². The predicted octanol–water partition coefficient (Wildman–Crippen LogP) is 2.28. The summed E-state index contributed by atoms with van der Waals surface area (Å²) in [6.07, 6.45) is 1.90. The molecule has 21 heavy (non-hydrogen) atoms. The Bertz CT molecular complexity index is 651. The van der Waals surface area contributed by atoms with Gasteiger partial charge in [0, 0.05) is 24.2 Å². The maximum absolute atomic E-state index is 12.3. The molecule has 0 saturated carbocycles. The number of thiazole rings is 1. The van der Waals surface area contributed by atoms with E-state index in [4.69, 9.17) is 11.6 Å². The van der Waals surface area contributed by atoms with Crippen LogP contribution in [0, 0.1) is 0 Å². The van der Waals surface area contributed by atoms with Crippen LogP contribution in [0.5, 0.6) is 0 Å². The van der Waals surface area contributed by atoms with E-state index >= 15 is 0 Å². The Morgan fingerprint density at radius 3 is 2.90 bits per heavy atom. The number of benzene rings is 1. The normalized spacial score (nSPS) is 17.2. The number of hydrogen-bond donors (Lipinski definition) is 2. The van der Waals surface area contributed by atoms with Crippen LogP contribution in [0.1, 0.15) is 22.6 Å². The van der Waals surface area contributed by atoms with Crippen molar-refractivity contribution in [3.8, 4) is 0 Å². The standard InChI is InChI=1S/C14H17ClN4OS/c1-16-19-6-4-10(5-7-19)17-13(20)14-18-11-8-9(15)2-3-12(11)21-14/h2-3,8,10,16H,4-7H2,1H3,(H,17,20). The summed E-state index contributed by atoms with van der Waals surface area (Å²) in [5.41, 5.74) is 3.91.